The largest absolute Gasteiger partial charge is 0.331 e. The van der Waals surface area contributed by atoms with Crippen LogP contribution in [0, 0.1) is 11.8 Å². The van der Waals surface area contributed by atoms with Crippen LogP contribution in [0.1, 0.15) is 26.2 Å². The lowest BCUT2D eigenvalue weighted by Gasteiger charge is -2.46. The summed E-state index contributed by atoms with van der Waals surface area (Å²) in [5.41, 5.74) is 0. The third-order valence-electron chi connectivity index (χ3n) is 6.27. The van der Waals surface area contributed by atoms with Gasteiger partial charge in [-0.2, -0.15) is 0 Å². The van der Waals surface area contributed by atoms with Gasteiger partial charge in [-0.3, -0.25) is 0 Å². The molecule has 3 fully saturated rings. The molecule has 3 aliphatic heterocycles. The van der Waals surface area contributed by atoms with Crippen LogP contribution in [-0.2, 0) is 10.0 Å². The molecule has 0 aromatic heterocycles. The van der Waals surface area contributed by atoms with E-state index in [-0.39, 0.29) is 0 Å². The van der Waals surface area contributed by atoms with Gasteiger partial charge in [-0.25, -0.2) is 13.1 Å². The highest BCUT2D eigenvalue weighted by molar-refractivity contribution is 7.89. The Bertz CT molecular complexity index is 865. The summed E-state index contributed by atoms with van der Waals surface area (Å²) in [7, 11) is -3.45. The number of piperidine rings is 3. The fraction of sp³-hybridized carbons (Fsp3) is 0.500. The molecule has 0 radical (unpaired) electrons. The Balaban J connectivity index is 1.46. The summed E-state index contributed by atoms with van der Waals surface area (Å²) in [6.07, 6.45) is 3.72. The molecule has 2 bridgehead atoms. The lowest BCUT2D eigenvalue weighted by Crippen LogP contribution is -3.20. The van der Waals surface area contributed by atoms with Gasteiger partial charge in [-0.1, -0.05) is 37.3 Å². The van der Waals surface area contributed by atoms with E-state index in [0.717, 1.165) is 29.0 Å². The molecule has 5 heteroatoms. The van der Waals surface area contributed by atoms with Crippen molar-refractivity contribution < 1.29 is 13.3 Å². The summed E-state index contributed by atoms with van der Waals surface area (Å²) in [4.78, 5) is 1.96. The van der Waals surface area contributed by atoms with Gasteiger partial charge in [0.05, 0.1) is 24.5 Å². The third-order valence-corrected chi connectivity index (χ3v) is 7.69. The Kier molecular flexibility index (Phi) is 4.56. The van der Waals surface area contributed by atoms with E-state index in [9.17, 15) is 8.42 Å². The fourth-order valence-corrected chi connectivity index (χ4v) is 5.88. The van der Waals surface area contributed by atoms with Crippen molar-refractivity contribution in [2.75, 3.05) is 19.6 Å². The highest BCUT2D eigenvalue weighted by atomic mass is 32.2. The van der Waals surface area contributed by atoms with E-state index in [2.05, 4.69) is 11.6 Å². The molecular formula is C20H27N2O2S+. The summed E-state index contributed by atoms with van der Waals surface area (Å²) in [5.74, 6) is 1.62. The van der Waals surface area contributed by atoms with Gasteiger partial charge in [0, 0.05) is 18.8 Å². The van der Waals surface area contributed by atoms with E-state index in [1.165, 1.54) is 25.9 Å². The second-order valence-electron chi connectivity index (χ2n) is 7.62. The SMILES string of the molecule is CC[C@H]1C[NH+]2CC[C@H]1C[C@@H]2CNS(=O)(=O)c1ccc2ccccc2c1. The second kappa shape index (κ2) is 6.71. The third kappa shape index (κ3) is 3.33. The van der Waals surface area contributed by atoms with Gasteiger partial charge in [0.1, 0.15) is 6.04 Å². The molecule has 25 heavy (non-hydrogen) atoms. The van der Waals surface area contributed by atoms with Gasteiger partial charge in [0.15, 0.2) is 0 Å². The minimum absolute atomic E-state index is 0.364. The minimum atomic E-state index is -3.45. The predicted molar refractivity (Wildman–Crippen MR) is 100 cm³/mol. The van der Waals surface area contributed by atoms with Crippen molar-refractivity contribution in [1.82, 2.24) is 4.72 Å². The normalized spacial score (nSPS) is 29.2. The zero-order valence-electron chi connectivity index (χ0n) is 14.7. The summed E-state index contributed by atoms with van der Waals surface area (Å²) >= 11 is 0. The van der Waals surface area contributed by atoms with Crippen molar-refractivity contribution in [2.24, 2.45) is 11.8 Å². The zero-order valence-corrected chi connectivity index (χ0v) is 15.6. The Morgan fingerprint density at radius 2 is 1.96 bits per heavy atom. The Morgan fingerprint density at radius 3 is 2.68 bits per heavy atom. The predicted octanol–water partition coefficient (Wildman–Crippen LogP) is 1.82. The van der Waals surface area contributed by atoms with Crippen molar-refractivity contribution in [3.63, 3.8) is 0 Å². The lowest BCUT2D eigenvalue weighted by atomic mass is 9.74. The van der Waals surface area contributed by atoms with Gasteiger partial charge in [0.25, 0.3) is 0 Å². The summed E-state index contributed by atoms with van der Waals surface area (Å²) < 4.78 is 28.3. The van der Waals surface area contributed by atoms with Crippen molar-refractivity contribution in [3.05, 3.63) is 42.5 Å². The molecule has 134 valence electrons. The van der Waals surface area contributed by atoms with Crippen LogP contribution in [0.2, 0.25) is 0 Å². The molecule has 0 spiro atoms. The van der Waals surface area contributed by atoms with Crippen molar-refractivity contribution in [2.45, 2.75) is 37.1 Å². The number of fused-ring (bicyclic) bond motifs is 4. The summed E-state index contributed by atoms with van der Waals surface area (Å²) in [6, 6.07) is 13.6. The number of rotatable bonds is 5. The van der Waals surface area contributed by atoms with Crippen LogP contribution in [0.3, 0.4) is 0 Å². The van der Waals surface area contributed by atoms with E-state index in [0.29, 0.717) is 17.5 Å². The first-order valence-electron chi connectivity index (χ1n) is 9.40. The minimum Gasteiger partial charge on any atom is -0.331 e. The van der Waals surface area contributed by atoms with Crippen molar-refractivity contribution >= 4 is 20.8 Å². The summed E-state index contributed by atoms with van der Waals surface area (Å²) in [5, 5.41) is 2.02. The van der Waals surface area contributed by atoms with Crippen LogP contribution in [0.5, 0.6) is 0 Å². The number of nitrogens with one attached hydrogen (secondary N) is 2. The molecule has 2 N–H and O–H groups in total. The van der Waals surface area contributed by atoms with Crippen LogP contribution in [0.15, 0.2) is 47.4 Å². The average molecular weight is 360 g/mol. The lowest BCUT2D eigenvalue weighted by molar-refractivity contribution is -0.945. The molecule has 2 aromatic rings. The molecule has 5 rings (SSSR count). The maximum absolute atomic E-state index is 12.7. The highest BCUT2D eigenvalue weighted by Crippen LogP contribution is 2.29. The van der Waals surface area contributed by atoms with Gasteiger partial charge < -0.3 is 4.90 Å². The molecule has 1 unspecified atom stereocenters. The fourth-order valence-electron chi connectivity index (χ4n) is 4.76. The van der Waals surface area contributed by atoms with E-state index in [1.54, 1.807) is 17.0 Å². The summed E-state index contributed by atoms with van der Waals surface area (Å²) in [6.45, 7) is 5.24. The van der Waals surface area contributed by atoms with Crippen LogP contribution in [-0.4, -0.2) is 34.1 Å². The molecule has 0 aliphatic carbocycles. The monoisotopic (exact) mass is 359 g/mol. The van der Waals surface area contributed by atoms with Crippen molar-refractivity contribution in [1.29, 1.82) is 0 Å². The van der Waals surface area contributed by atoms with E-state index in [4.69, 9.17) is 0 Å². The quantitative estimate of drug-likeness (QED) is 0.856. The average Bonchev–Trinajstić information content (AvgIpc) is 2.66. The maximum Gasteiger partial charge on any atom is 0.240 e. The molecule has 4 atom stereocenters. The number of sulfonamides is 1. The number of hydrogen-bond donors (Lipinski definition) is 2. The smallest absolute Gasteiger partial charge is 0.240 e. The first-order chi connectivity index (χ1) is 12.1. The maximum atomic E-state index is 12.7. The molecular weight excluding hydrogens is 332 g/mol. The zero-order chi connectivity index (χ0) is 17.4. The van der Waals surface area contributed by atoms with Crippen LogP contribution >= 0.6 is 0 Å². The number of hydrogen-bond acceptors (Lipinski definition) is 2. The topological polar surface area (TPSA) is 50.6 Å². The van der Waals surface area contributed by atoms with E-state index >= 15 is 0 Å². The molecule has 0 amide bonds. The first-order valence-corrected chi connectivity index (χ1v) is 10.9. The molecule has 2 aromatic carbocycles. The van der Waals surface area contributed by atoms with Crippen molar-refractivity contribution in [3.8, 4) is 0 Å². The Morgan fingerprint density at radius 1 is 1.16 bits per heavy atom. The molecule has 3 saturated heterocycles. The van der Waals surface area contributed by atoms with E-state index < -0.39 is 10.0 Å². The highest BCUT2D eigenvalue weighted by Gasteiger charge is 2.42. The molecule has 4 nitrogen and oxygen atoms in total. The molecule has 0 saturated carbocycles. The van der Waals surface area contributed by atoms with Gasteiger partial charge in [-0.15, -0.1) is 0 Å². The number of quaternary nitrogens is 1. The second-order valence-corrected chi connectivity index (χ2v) is 9.39. The standard InChI is InChI=1S/C20H26N2O2S/c1-2-15-14-22-10-9-18(15)11-19(22)13-21-25(23,24)20-8-7-16-5-3-4-6-17(16)12-20/h3-8,12,15,18-19,21H,2,9-11,13-14H2,1H3/p+1/t15-,18-,19+/m0/s1. The van der Waals surface area contributed by atoms with Crippen LogP contribution in [0.25, 0.3) is 10.8 Å². The van der Waals surface area contributed by atoms with Gasteiger partial charge in [-0.05, 0) is 35.2 Å². The Hall–Kier alpha value is -1.43. The van der Waals surface area contributed by atoms with Crippen LogP contribution < -0.4 is 9.62 Å². The van der Waals surface area contributed by atoms with Gasteiger partial charge >= 0.3 is 0 Å². The first kappa shape index (κ1) is 17.0. The molecule has 3 heterocycles. The Labute approximate surface area is 150 Å². The molecule has 3 aliphatic rings. The van der Waals surface area contributed by atoms with Crippen LogP contribution in [0.4, 0.5) is 0 Å². The number of benzene rings is 2. The van der Waals surface area contributed by atoms with Gasteiger partial charge in [0.2, 0.25) is 10.0 Å². The van der Waals surface area contributed by atoms with E-state index in [1.807, 2.05) is 30.3 Å².